The Labute approximate surface area is 232 Å². The van der Waals surface area contributed by atoms with E-state index >= 15 is 0 Å². The van der Waals surface area contributed by atoms with E-state index in [2.05, 4.69) is 9.88 Å². The summed E-state index contributed by atoms with van der Waals surface area (Å²) in [5, 5.41) is 21.3. The van der Waals surface area contributed by atoms with Crippen molar-refractivity contribution >= 4 is 16.9 Å². The number of carboxylic acid groups (broad SMARTS) is 1. The van der Waals surface area contributed by atoms with Crippen molar-refractivity contribution in [3.63, 3.8) is 0 Å². The van der Waals surface area contributed by atoms with Gasteiger partial charge in [-0.2, -0.15) is 13.2 Å². The van der Waals surface area contributed by atoms with Gasteiger partial charge < -0.3 is 19.8 Å². The van der Waals surface area contributed by atoms with Crippen LogP contribution < -0.4 is 4.74 Å². The van der Waals surface area contributed by atoms with Crippen molar-refractivity contribution < 1.29 is 32.9 Å². The first-order valence-corrected chi connectivity index (χ1v) is 13.8. The number of aryl methyl sites for hydroxylation is 1. The fourth-order valence-electron chi connectivity index (χ4n) is 5.88. The first-order valence-electron chi connectivity index (χ1n) is 13.8. The Morgan fingerprint density at radius 1 is 1.15 bits per heavy atom. The van der Waals surface area contributed by atoms with Crippen molar-refractivity contribution in [3.05, 3.63) is 71.4 Å². The number of carboxylic acids is 1. The van der Waals surface area contributed by atoms with Crippen LogP contribution in [0.3, 0.4) is 0 Å². The molecule has 0 bridgehead atoms. The monoisotopic (exact) mass is 558 g/mol. The summed E-state index contributed by atoms with van der Waals surface area (Å²) in [4.78, 5) is 18.0. The van der Waals surface area contributed by atoms with Crippen LogP contribution in [0, 0.1) is 11.8 Å². The van der Waals surface area contributed by atoms with E-state index in [9.17, 15) is 28.2 Å². The zero-order chi connectivity index (χ0) is 28.7. The largest absolute Gasteiger partial charge is 0.497 e. The third kappa shape index (κ3) is 7.95. The highest BCUT2D eigenvalue weighted by atomic mass is 19.4. The summed E-state index contributed by atoms with van der Waals surface area (Å²) in [6.45, 7) is 2.36. The van der Waals surface area contributed by atoms with Gasteiger partial charge in [-0.3, -0.25) is 9.78 Å². The van der Waals surface area contributed by atoms with E-state index in [1.165, 1.54) is 12.1 Å². The number of nitrogens with zero attached hydrogens (tertiary/aromatic N) is 2. The summed E-state index contributed by atoms with van der Waals surface area (Å²) in [6, 6.07) is 12.9. The van der Waals surface area contributed by atoms with Crippen molar-refractivity contribution in [1.82, 2.24) is 9.88 Å². The summed E-state index contributed by atoms with van der Waals surface area (Å²) in [5.41, 5.74) is 1.64. The molecule has 6 nitrogen and oxygen atoms in total. The number of hydrogen-bond acceptors (Lipinski definition) is 5. The Morgan fingerprint density at radius 3 is 2.73 bits per heavy atom. The van der Waals surface area contributed by atoms with Crippen molar-refractivity contribution in [2.24, 2.45) is 11.8 Å². The second-order valence-electron chi connectivity index (χ2n) is 10.7. The Bertz CT molecular complexity index is 1280. The van der Waals surface area contributed by atoms with Gasteiger partial charge in [0.1, 0.15) is 5.75 Å². The molecule has 0 unspecified atom stereocenters. The normalized spacial score (nSPS) is 19.0. The predicted molar refractivity (Wildman–Crippen MR) is 147 cm³/mol. The minimum atomic E-state index is -4.35. The number of piperidine rings is 1. The maximum Gasteiger partial charge on any atom is 0.416 e. The van der Waals surface area contributed by atoms with Gasteiger partial charge in [0.05, 0.1) is 24.3 Å². The molecular formula is C31H37F3N2O4. The number of alkyl halides is 3. The molecule has 40 heavy (non-hydrogen) atoms. The smallest absolute Gasteiger partial charge is 0.416 e. The van der Waals surface area contributed by atoms with Crippen molar-refractivity contribution in [2.45, 2.75) is 57.2 Å². The number of aliphatic hydroxyl groups is 1. The number of ether oxygens (including phenoxy) is 1. The highest BCUT2D eigenvalue weighted by Crippen LogP contribution is 2.35. The van der Waals surface area contributed by atoms with E-state index in [0.717, 1.165) is 61.4 Å². The van der Waals surface area contributed by atoms with Crippen LogP contribution >= 0.6 is 0 Å². The zero-order valence-corrected chi connectivity index (χ0v) is 22.7. The molecule has 2 N–H and O–H groups in total. The van der Waals surface area contributed by atoms with Crippen LogP contribution in [0.15, 0.2) is 54.7 Å². The van der Waals surface area contributed by atoms with Crippen LogP contribution in [0.2, 0.25) is 0 Å². The fourth-order valence-corrected chi connectivity index (χ4v) is 5.88. The average molecular weight is 559 g/mol. The van der Waals surface area contributed by atoms with E-state index in [1.54, 1.807) is 19.4 Å². The maximum atomic E-state index is 13.0. The van der Waals surface area contributed by atoms with Crippen LogP contribution in [-0.2, 0) is 17.4 Å². The predicted octanol–water partition coefficient (Wildman–Crippen LogP) is 6.51. The SMILES string of the molecule is COc1ccc2nccc([C@H](O)CC[C@@H]3CCN(CCCc4cccc(C(F)(F)F)c4)C[C@H]3CCC(=O)O)c2c1. The summed E-state index contributed by atoms with van der Waals surface area (Å²) < 4.78 is 44.4. The fraction of sp³-hybridized carbons (Fsp3) is 0.484. The summed E-state index contributed by atoms with van der Waals surface area (Å²) in [5.74, 6) is 0.344. The van der Waals surface area contributed by atoms with E-state index in [0.29, 0.717) is 30.6 Å². The number of carbonyl (C=O) groups is 1. The molecule has 3 aromatic rings. The molecule has 3 atom stereocenters. The standard InChI is InChI=1S/C31H37F3N2O4/c1-40-25-9-10-28-27(19-25)26(13-15-35-28)29(37)11-7-22-14-17-36(20-23(22)8-12-30(38)39)16-3-5-21-4-2-6-24(18-21)31(32,33)34/h2,4,6,9-10,13,15,18-19,22-23,29,37H,3,5,7-8,11-12,14,16-17,20H2,1H3,(H,38,39)/t22-,23-,29-/m1/s1. The number of aliphatic carboxylic acids is 1. The molecule has 0 amide bonds. The van der Waals surface area contributed by atoms with Gasteiger partial charge in [-0.1, -0.05) is 18.2 Å². The minimum absolute atomic E-state index is 0.0938. The Morgan fingerprint density at radius 2 is 1.98 bits per heavy atom. The third-order valence-corrected chi connectivity index (χ3v) is 8.05. The molecule has 2 heterocycles. The van der Waals surface area contributed by atoms with Gasteiger partial charge in [-0.15, -0.1) is 0 Å². The van der Waals surface area contributed by atoms with Gasteiger partial charge in [-0.05, 0) is 105 Å². The van der Waals surface area contributed by atoms with Gasteiger partial charge >= 0.3 is 12.1 Å². The number of hydrogen-bond donors (Lipinski definition) is 2. The molecule has 1 aromatic heterocycles. The molecule has 1 aliphatic rings. The number of halogens is 3. The van der Waals surface area contributed by atoms with Crippen LogP contribution in [0.4, 0.5) is 13.2 Å². The average Bonchev–Trinajstić information content (AvgIpc) is 2.94. The molecule has 1 saturated heterocycles. The first-order chi connectivity index (χ1) is 19.1. The van der Waals surface area contributed by atoms with Gasteiger partial charge in [0.25, 0.3) is 0 Å². The third-order valence-electron chi connectivity index (χ3n) is 8.05. The molecular weight excluding hydrogens is 521 g/mol. The second-order valence-corrected chi connectivity index (χ2v) is 10.7. The van der Waals surface area contributed by atoms with Crippen molar-refractivity contribution in [2.75, 3.05) is 26.7 Å². The zero-order valence-electron chi connectivity index (χ0n) is 22.7. The van der Waals surface area contributed by atoms with Crippen LogP contribution in [-0.4, -0.2) is 52.8 Å². The quantitative estimate of drug-likeness (QED) is 0.264. The molecule has 216 valence electrons. The van der Waals surface area contributed by atoms with Gasteiger partial charge in [-0.25, -0.2) is 0 Å². The second kappa shape index (κ2) is 13.5. The van der Waals surface area contributed by atoms with Crippen LogP contribution in [0.5, 0.6) is 5.75 Å². The molecule has 0 aliphatic carbocycles. The lowest BCUT2D eigenvalue weighted by Crippen LogP contribution is -2.41. The van der Waals surface area contributed by atoms with Crippen molar-refractivity contribution in [1.29, 1.82) is 0 Å². The number of aliphatic hydroxyl groups excluding tert-OH is 1. The lowest BCUT2D eigenvalue weighted by molar-refractivity contribution is -0.138. The van der Waals surface area contributed by atoms with E-state index in [1.807, 2.05) is 24.3 Å². The summed E-state index contributed by atoms with van der Waals surface area (Å²) >= 11 is 0. The number of methoxy groups -OCH3 is 1. The summed E-state index contributed by atoms with van der Waals surface area (Å²) in [7, 11) is 1.60. The summed E-state index contributed by atoms with van der Waals surface area (Å²) in [6.07, 6.45) is 0.842. The number of pyridine rings is 1. The molecule has 1 aliphatic heterocycles. The Kier molecular flexibility index (Phi) is 10.0. The van der Waals surface area contributed by atoms with Crippen LogP contribution in [0.1, 0.15) is 61.3 Å². The van der Waals surface area contributed by atoms with E-state index < -0.39 is 23.8 Å². The highest BCUT2D eigenvalue weighted by Gasteiger charge is 2.31. The molecule has 4 rings (SSSR count). The van der Waals surface area contributed by atoms with Gasteiger partial charge in [0, 0.05) is 24.5 Å². The number of likely N-dealkylation sites (tertiary alicyclic amines) is 1. The number of rotatable bonds is 12. The number of fused-ring (bicyclic) bond motifs is 1. The number of aromatic nitrogens is 1. The van der Waals surface area contributed by atoms with Crippen molar-refractivity contribution in [3.8, 4) is 5.75 Å². The maximum absolute atomic E-state index is 13.0. The molecule has 9 heteroatoms. The molecule has 0 spiro atoms. The van der Waals surface area contributed by atoms with Gasteiger partial charge in [0.2, 0.25) is 0 Å². The first kappa shape index (κ1) is 29.8. The lowest BCUT2D eigenvalue weighted by atomic mass is 9.79. The van der Waals surface area contributed by atoms with Gasteiger partial charge in [0.15, 0.2) is 0 Å². The Hall–Kier alpha value is -3.17. The number of benzene rings is 2. The molecule has 0 saturated carbocycles. The topological polar surface area (TPSA) is 82.9 Å². The Balaban J connectivity index is 1.34. The van der Waals surface area contributed by atoms with E-state index in [-0.39, 0.29) is 18.3 Å². The lowest BCUT2D eigenvalue weighted by Gasteiger charge is -2.39. The van der Waals surface area contributed by atoms with Crippen LogP contribution in [0.25, 0.3) is 10.9 Å². The van der Waals surface area contributed by atoms with E-state index in [4.69, 9.17) is 4.74 Å². The minimum Gasteiger partial charge on any atom is -0.497 e. The molecule has 0 radical (unpaired) electrons. The molecule has 2 aromatic carbocycles. The highest BCUT2D eigenvalue weighted by molar-refractivity contribution is 5.83. The molecule has 1 fully saturated rings.